The van der Waals surface area contributed by atoms with E-state index in [0.717, 1.165) is 5.56 Å². The van der Waals surface area contributed by atoms with Crippen molar-refractivity contribution in [3.63, 3.8) is 0 Å². The zero-order chi connectivity index (χ0) is 19.6. The molecule has 7 heteroatoms. The van der Waals surface area contributed by atoms with E-state index in [1.165, 1.54) is 4.31 Å². The maximum absolute atomic E-state index is 12.9. The molecule has 0 aromatic heterocycles. The Kier molecular flexibility index (Phi) is 5.53. The molecular formula is C20H25N3O3S. The van der Waals surface area contributed by atoms with Gasteiger partial charge in [-0.3, -0.25) is 4.79 Å². The zero-order valence-corrected chi connectivity index (χ0v) is 16.4. The number of nitrogen functional groups attached to an aromatic ring is 1. The van der Waals surface area contributed by atoms with E-state index >= 15 is 0 Å². The monoisotopic (exact) mass is 387 g/mol. The quantitative estimate of drug-likeness (QED) is 0.817. The van der Waals surface area contributed by atoms with Gasteiger partial charge in [-0.1, -0.05) is 38.1 Å². The molecule has 0 bridgehead atoms. The summed E-state index contributed by atoms with van der Waals surface area (Å²) in [5.74, 6) is 0.188. The van der Waals surface area contributed by atoms with Crippen LogP contribution in [0.4, 0.5) is 5.69 Å². The van der Waals surface area contributed by atoms with Crippen molar-refractivity contribution in [2.45, 2.75) is 24.7 Å². The molecule has 1 fully saturated rings. The molecule has 144 valence electrons. The van der Waals surface area contributed by atoms with Crippen LogP contribution in [-0.2, 0) is 10.0 Å². The summed E-state index contributed by atoms with van der Waals surface area (Å²) in [6.45, 7) is 5.37. The summed E-state index contributed by atoms with van der Waals surface area (Å²) in [6, 6.07) is 14.0. The van der Waals surface area contributed by atoms with E-state index in [1.807, 2.05) is 12.1 Å². The Labute approximate surface area is 160 Å². The maximum Gasteiger partial charge on any atom is 0.256 e. The molecule has 2 N–H and O–H groups in total. The predicted octanol–water partition coefficient (Wildman–Crippen LogP) is 2.54. The summed E-state index contributed by atoms with van der Waals surface area (Å²) in [6.07, 6.45) is 0. The molecule has 1 saturated heterocycles. The number of amides is 1. The van der Waals surface area contributed by atoms with Crippen LogP contribution >= 0.6 is 0 Å². The fourth-order valence-corrected chi connectivity index (χ4v) is 4.59. The number of carbonyl (C=O) groups is 1. The van der Waals surface area contributed by atoms with Crippen LogP contribution in [0.15, 0.2) is 53.4 Å². The first-order valence-electron chi connectivity index (χ1n) is 9.04. The van der Waals surface area contributed by atoms with E-state index in [-0.39, 0.29) is 19.0 Å². The van der Waals surface area contributed by atoms with Crippen molar-refractivity contribution in [1.82, 2.24) is 9.21 Å². The van der Waals surface area contributed by atoms with E-state index in [1.54, 1.807) is 41.3 Å². The second kappa shape index (κ2) is 7.70. The Hall–Kier alpha value is -2.38. The molecule has 0 atom stereocenters. The number of nitrogens with two attached hydrogens (primary N) is 1. The minimum Gasteiger partial charge on any atom is -0.398 e. The number of para-hydroxylation sites is 1. The van der Waals surface area contributed by atoms with Gasteiger partial charge in [0.25, 0.3) is 5.91 Å². The summed E-state index contributed by atoms with van der Waals surface area (Å²) in [5.41, 5.74) is 7.87. The van der Waals surface area contributed by atoms with Gasteiger partial charge >= 0.3 is 0 Å². The lowest BCUT2D eigenvalue weighted by Gasteiger charge is -2.34. The molecule has 1 heterocycles. The molecule has 6 nitrogen and oxygen atoms in total. The topological polar surface area (TPSA) is 83.7 Å². The summed E-state index contributed by atoms with van der Waals surface area (Å²) in [7, 11) is -3.56. The van der Waals surface area contributed by atoms with Crippen LogP contribution < -0.4 is 5.73 Å². The number of hydrogen-bond donors (Lipinski definition) is 1. The summed E-state index contributed by atoms with van der Waals surface area (Å²) >= 11 is 0. The lowest BCUT2D eigenvalue weighted by atomic mass is 10.0. The third kappa shape index (κ3) is 3.99. The van der Waals surface area contributed by atoms with Crippen LogP contribution in [0.25, 0.3) is 0 Å². The molecule has 3 rings (SSSR count). The highest BCUT2D eigenvalue weighted by Gasteiger charge is 2.30. The van der Waals surface area contributed by atoms with Crippen molar-refractivity contribution in [3.8, 4) is 0 Å². The van der Waals surface area contributed by atoms with Gasteiger partial charge in [-0.25, -0.2) is 8.42 Å². The highest BCUT2D eigenvalue weighted by atomic mass is 32.2. The number of hydrogen-bond acceptors (Lipinski definition) is 4. The number of carbonyl (C=O) groups excluding carboxylic acids is 1. The molecule has 0 radical (unpaired) electrons. The molecule has 0 saturated carbocycles. The van der Waals surface area contributed by atoms with Gasteiger partial charge in [-0.05, 0) is 35.7 Å². The molecule has 27 heavy (non-hydrogen) atoms. The molecular weight excluding hydrogens is 362 g/mol. The molecule has 2 aromatic carbocycles. The lowest BCUT2D eigenvalue weighted by Crippen LogP contribution is -2.50. The van der Waals surface area contributed by atoms with Crippen LogP contribution in [0.1, 0.15) is 35.7 Å². The molecule has 0 aliphatic carbocycles. The average molecular weight is 388 g/mol. The van der Waals surface area contributed by atoms with Crippen molar-refractivity contribution < 1.29 is 13.2 Å². The van der Waals surface area contributed by atoms with Gasteiger partial charge < -0.3 is 10.6 Å². The molecule has 2 aromatic rings. The second-order valence-corrected chi connectivity index (χ2v) is 8.95. The minimum absolute atomic E-state index is 0.161. The summed E-state index contributed by atoms with van der Waals surface area (Å²) < 4.78 is 27.2. The first-order chi connectivity index (χ1) is 12.8. The van der Waals surface area contributed by atoms with Crippen molar-refractivity contribution in [1.29, 1.82) is 0 Å². The maximum atomic E-state index is 12.9. The van der Waals surface area contributed by atoms with Gasteiger partial charge in [0.2, 0.25) is 10.0 Å². The number of piperazine rings is 1. The van der Waals surface area contributed by atoms with Crippen molar-refractivity contribution in [3.05, 3.63) is 59.7 Å². The Bertz CT molecular complexity index is 916. The normalized spacial score (nSPS) is 15.9. The smallest absolute Gasteiger partial charge is 0.256 e. The Morgan fingerprint density at radius 3 is 2.11 bits per heavy atom. The first kappa shape index (κ1) is 19.4. The van der Waals surface area contributed by atoms with Crippen LogP contribution in [0.3, 0.4) is 0 Å². The molecule has 1 amide bonds. The molecule has 0 spiro atoms. The average Bonchev–Trinajstić information content (AvgIpc) is 2.68. The molecule has 0 unspecified atom stereocenters. The Balaban J connectivity index is 1.69. The fourth-order valence-electron chi connectivity index (χ4n) is 3.17. The highest BCUT2D eigenvalue weighted by molar-refractivity contribution is 7.89. The van der Waals surface area contributed by atoms with Gasteiger partial charge in [0.05, 0.1) is 10.5 Å². The molecule has 1 aliphatic rings. The van der Waals surface area contributed by atoms with E-state index in [2.05, 4.69) is 13.8 Å². The Morgan fingerprint density at radius 1 is 0.963 bits per heavy atom. The largest absolute Gasteiger partial charge is 0.398 e. The van der Waals surface area contributed by atoms with Crippen molar-refractivity contribution in [2.24, 2.45) is 0 Å². The van der Waals surface area contributed by atoms with Crippen LogP contribution in [-0.4, -0.2) is 49.7 Å². The van der Waals surface area contributed by atoms with Crippen LogP contribution in [0.5, 0.6) is 0 Å². The van der Waals surface area contributed by atoms with Gasteiger partial charge in [0.1, 0.15) is 0 Å². The van der Waals surface area contributed by atoms with E-state index in [0.29, 0.717) is 35.2 Å². The standard InChI is InChI=1S/C20H25N3O3S/c1-15(2)16-7-9-17(10-8-16)27(25,26)23-13-11-22(12-14-23)20(24)18-5-3-4-6-19(18)21/h3-10,15H,11-14,21H2,1-2H3. The molecule has 1 aliphatic heterocycles. The second-order valence-electron chi connectivity index (χ2n) is 7.01. The van der Waals surface area contributed by atoms with E-state index in [9.17, 15) is 13.2 Å². The predicted molar refractivity (Wildman–Crippen MR) is 106 cm³/mol. The lowest BCUT2D eigenvalue weighted by molar-refractivity contribution is 0.0699. The fraction of sp³-hybridized carbons (Fsp3) is 0.350. The highest BCUT2D eigenvalue weighted by Crippen LogP contribution is 2.22. The number of nitrogens with zero attached hydrogens (tertiary/aromatic N) is 2. The Morgan fingerprint density at radius 2 is 1.56 bits per heavy atom. The SMILES string of the molecule is CC(C)c1ccc(S(=O)(=O)N2CCN(C(=O)c3ccccc3N)CC2)cc1. The number of anilines is 1. The van der Waals surface area contributed by atoms with Gasteiger partial charge in [-0.15, -0.1) is 0 Å². The summed E-state index contributed by atoms with van der Waals surface area (Å²) in [4.78, 5) is 14.6. The number of rotatable bonds is 4. The van der Waals surface area contributed by atoms with E-state index < -0.39 is 10.0 Å². The third-order valence-corrected chi connectivity index (χ3v) is 6.81. The first-order valence-corrected chi connectivity index (χ1v) is 10.5. The van der Waals surface area contributed by atoms with E-state index in [4.69, 9.17) is 5.73 Å². The summed E-state index contributed by atoms with van der Waals surface area (Å²) in [5, 5.41) is 0. The van der Waals surface area contributed by atoms with Gasteiger partial charge in [-0.2, -0.15) is 4.31 Å². The number of sulfonamides is 1. The van der Waals surface area contributed by atoms with Crippen molar-refractivity contribution in [2.75, 3.05) is 31.9 Å². The van der Waals surface area contributed by atoms with Crippen molar-refractivity contribution >= 4 is 21.6 Å². The van der Waals surface area contributed by atoms with Crippen LogP contribution in [0.2, 0.25) is 0 Å². The van der Waals surface area contributed by atoms with Gasteiger partial charge in [0, 0.05) is 31.9 Å². The van der Waals surface area contributed by atoms with Gasteiger partial charge in [0.15, 0.2) is 0 Å². The van der Waals surface area contributed by atoms with Crippen LogP contribution in [0, 0.1) is 0 Å². The zero-order valence-electron chi connectivity index (χ0n) is 15.6. The number of benzene rings is 2. The third-order valence-electron chi connectivity index (χ3n) is 4.90. The minimum atomic E-state index is -3.56.